The van der Waals surface area contributed by atoms with E-state index in [9.17, 15) is 8.42 Å². The molecule has 2 atom stereocenters. The summed E-state index contributed by atoms with van der Waals surface area (Å²) in [4.78, 5) is 4.37. The minimum atomic E-state index is -3.81. The zero-order chi connectivity index (χ0) is 17.7. The fourth-order valence-electron chi connectivity index (χ4n) is 2.71. The first-order chi connectivity index (χ1) is 11.2. The number of hydrogen-bond donors (Lipinski definition) is 0. The van der Waals surface area contributed by atoms with Gasteiger partial charge in [-0.05, 0) is 12.1 Å². The monoisotopic (exact) mass is 373 g/mol. The maximum Gasteiger partial charge on any atom is 0.200 e. The van der Waals surface area contributed by atoms with Gasteiger partial charge < -0.3 is 13.9 Å². The number of hydrogen-bond acceptors (Lipinski definition) is 6. The second-order valence-corrected chi connectivity index (χ2v) is 9.40. The van der Waals surface area contributed by atoms with Gasteiger partial charge in [0.1, 0.15) is 15.7 Å². The Balaban J connectivity index is 2.21. The third-order valence-electron chi connectivity index (χ3n) is 4.07. The van der Waals surface area contributed by atoms with Crippen LogP contribution in [0.15, 0.2) is 21.4 Å². The Hall–Kier alpha value is -1.15. The van der Waals surface area contributed by atoms with Crippen LogP contribution in [-0.2, 0) is 24.7 Å². The molecule has 1 aliphatic heterocycles. The Bertz CT molecular complexity index is 868. The van der Waals surface area contributed by atoms with Gasteiger partial charge in [-0.15, -0.1) is 0 Å². The molecule has 1 aromatic carbocycles. The maximum absolute atomic E-state index is 13.2. The van der Waals surface area contributed by atoms with Crippen molar-refractivity contribution in [2.75, 3.05) is 20.3 Å². The molecule has 1 unspecified atom stereocenters. The van der Waals surface area contributed by atoms with Gasteiger partial charge in [-0.3, -0.25) is 0 Å². The number of fused-ring (bicyclic) bond motifs is 1. The summed E-state index contributed by atoms with van der Waals surface area (Å²) < 4.78 is 42.7. The quantitative estimate of drug-likeness (QED) is 0.823. The van der Waals surface area contributed by atoms with Gasteiger partial charge in [0, 0.05) is 12.5 Å². The van der Waals surface area contributed by atoms with E-state index in [1.807, 2.05) is 20.8 Å². The Labute approximate surface area is 146 Å². The van der Waals surface area contributed by atoms with E-state index in [-0.39, 0.29) is 34.1 Å². The topological polar surface area (TPSA) is 78.6 Å². The Morgan fingerprint density at radius 3 is 2.62 bits per heavy atom. The van der Waals surface area contributed by atoms with Crippen LogP contribution in [0.3, 0.4) is 0 Å². The molecule has 1 saturated heterocycles. The molecule has 0 amide bonds. The molecule has 1 aliphatic rings. The fourth-order valence-corrected chi connectivity index (χ4v) is 5.09. The third kappa shape index (κ3) is 2.83. The Morgan fingerprint density at radius 2 is 2.00 bits per heavy atom. The average molecular weight is 374 g/mol. The molecule has 8 heteroatoms. The molecule has 2 aromatic rings. The van der Waals surface area contributed by atoms with Crippen LogP contribution in [0.25, 0.3) is 11.1 Å². The number of benzene rings is 1. The molecule has 1 aromatic heterocycles. The Morgan fingerprint density at radius 1 is 1.29 bits per heavy atom. The molecule has 3 rings (SSSR count). The van der Waals surface area contributed by atoms with Crippen molar-refractivity contribution in [3.63, 3.8) is 0 Å². The summed E-state index contributed by atoms with van der Waals surface area (Å²) in [6.07, 6.45) is -0.536. The zero-order valence-corrected chi connectivity index (χ0v) is 15.6. The minimum absolute atomic E-state index is 0.0396. The van der Waals surface area contributed by atoms with Crippen LogP contribution in [0.1, 0.15) is 26.7 Å². The van der Waals surface area contributed by atoms with Crippen LogP contribution in [0.2, 0.25) is 5.02 Å². The summed E-state index contributed by atoms with van der Waals surface area (Å²) in [5, 5.41) is -0.713. The molecule has 0 saturated carbocycles. The van der Waals surface area contributed by atoms with Crippen molar-refractivity contribution in [1.82, 2.24) is 4.98 Å². The van der Waals surface area contributed by atoms with E-state index in [1.165, 1.54) is 13.2 Å². The number of aromatic nitrogens is 1. The highest BCUT2D eigenvalue weighted by Crippen LogP contribution is 2.37. The standard InChI is InChI=1S/C16H20ClNO5S/c1-16(2,3)15-18-10-6-5-9(17)14(13(10)23-15)24(19,20)12-8-22-7-11(12)21-4/h5-6,11-12H,7-8H2,1-4H3/t11-,12?/m0/s1. The predicted octanol–water partition coefficient (Wildman–Crippen LogP) is 2.97. The van der Waals surface area contributed by atoms with Crippen LogP contribution in [-0.4, -0.2) is 45.1 Å². The predicted molar refractivity (Wildman–Crippen MR) is 90.3 cm³/mol. The number of oxazole rings is 1. The lowest BCUT2D eigenvalue weighted by atomic mass is 9.97. The number of methoxy groups -OCH3 is 1. The molecule has 0 N–H and O–H groups in total. The molecule has 0 bridgehead atoms. The van der Waals surface area contributed by atoms with E-state index >= 15 is 0 Å². The fraction of sp³-hybridized carbons (Fsp3) is 0.562. The number of nitrogens with zero attached hydrogens (tertiary/aromatic N) is 1. The molecule has 24 heavy (non-hydrogen) atoms. The van der Waals surface area contributed by atoms with Crippen molar-refractivity contribution in [2.24, 2.45) is 0 Å². The lowest BCUT2D eigenvalue weighted by Crippen LogP contribution is -2.34. The van der Waals surface area contributed by atoms with Gasteiger partial charge in [-0.25, -0.2) is 13.4 Å². The zero-order valence-electron chi connectivity index (χ0n) is 14.0. The lowest BCUT2D eigenvalue weighted by Gasteiger charge is -2.17. The molecule has 0 spiro atoms. The van der Waals surface area contributed by atoms with Gasteiger partial charge in [0.25, 0.3) is 0 Å². The third-order valence-corrected chi connectivity index (χ3v) is 6.71. The SMILES string of the molecule is CO[C@H]1COCC1S(=O)(=O)c1c(Cl)ccc2nc(C(C)(C)C)oc12. The lowest BCUT2D eigenvalue weighted by molar-refractivity contribution is 0.0829. The van der Waals surface area contributed by atoms with Crippen LogP contribution < -0.4 is 0 Å². The summed E-state index contributed by atoms with van der Waals surface area (Å²) in [7, 11) is -2.34. The number of halogens is 1. The summed E-state index contributed by atoms with van der Waals surface area (Å²) >= 11 is 6.23. The molecule has 1 fully saturated rings. The first kappa shape index (κ1) is 17.7. The molecule has 132 valence electrons. The van der Waals surface area contributed by atoms with E-state index in [1.54, 1.807) is 6.07 Å². The normalized spacial score (nSPS) is 22.4. The maximum atomic E-state index is 13.2. The molecule has 0 aliphatic carbocycles. The highest BCUT2D eigenvalue weighted by molar-refractivity contribution is 7.92. The van der Waals surface area contributed by atoms with Crippen molar-refractivity contribution < 1.29 is 22.3 Å². The van der Waals surface area contributed by atoms with E-state index in [2.05, 4.69) is 4.98 Å². The van der Waals surface area contributed by atoms with Gasteiger partial charge in [-0.2, -0.15) is 0 Å². The molecule has 6 nitrogen and oxygen atoms in total. The van der Waals surface area contributed by atoms with E-state index < -0.39 is 21.2 Å². The smallest absolute Gasteiger partial charge is 0.200 e. The number of sulfone groups is 1. The van der Waals surface area contributed by atoms with Crippen LogP contribution in [0.4, 0.5) is 0 Å². The van der Waals surface area contributed by atoms with Gasteiger partial charge in [0.15, 0.2) is 15.4 Å². The first-order valence-corrected chi connectivity index (χ1v) is 9.52. The summed E-state index contributed by atoms with van der Waals surface area (Å²) in [6, 6.07) is 3.19. The van der Waals surface area contributed by atoms with Crippen molar-refractivity contribution in [2.45, 2.75) is 42.4 Å². The van der Waals surface area contributed by atoms with Crippen LogP contribution in [0.5, 0.6) is 0 Å². The molecule has 2 heterocycles. The summed E-state index contributed by atoms with van der Waals surface area (Å²) in [5.74, 6) is 0.460. The Kier molecular flexibility index (Phi) is 4.40. The van der Waals surface area contributed by atoms with Crippen molar-refractivity contribution in [3.05, 3.63) is 23.0 Å². The van der Waals surface area contributed by atoms with Crippen molar-refractivity contribution in [3.8, 4) is 0 Å². The molecule has 0 radical (unpaired) electrons. The minimum Gasteiger partial charge on any atom is -0.439 e. The van der Waals surface area contributed by atoms with Gasteiger partial charge in [0.2, 0.25) is 5.89 Å². The largest absolute Gasteiger partial charge is 0.439 e. The second kappa shape index (κ2) is 5.98. The van der Waals surface area contributed by atoms with Gasteiger partial charge in [-0.1, -0.05) is 32.4 Å². The number of rotatable bonds is 3. The summed E-state index contributed by atoms with van der Waals surface area (Å²) in [6.45, 7) is 6.13. The van der Waals surface area contributed by atoms with E-state index in [0.29, 0.717) is 11.4 Å². The van der Waals surface area contributed by atoms with E-state index in [0.717, 1.165) is 0 Å². The number of ether oxygens (including phenoxy) is 2. The van der Waals surface area contributed by atoms with Crippen molar-refractivity contribution in [1.29, 1.82) is 0 Å². The van der Waals surface area contributed by atoms with E-state index in [4.69, 9.17) is 25.5 Å². The molecular formula is C16H20ClNO5S. The second-order valence-electron chi connectivity index (χ2n) is 6.89. The highest BCUT2D eigenvalue weighted by atomic mass is 35.5. The van der Waals surface area contributed by atoms with Crippen LogP contribution in [0, 0.1) is 0 Å². The molecular weight excluding hydrogens is 354 g/mol. The van der Waals surface area contributed by atoms with Gasteiger partial charge in [0.05, 0.1) is 24.3 Å². The first-order valence-electron chi connectivity index (χ1n) is 7.60. The summed E-state index contributed by atoms with van der Waals surface area (Å²) in [5.41, 5.74) is 0.308. The highest BCUT2D eigenvalue weighted by Gasteiger charge is 2.42. The van der Waals surface area contributed by atoms with Gasteiger partial charge >= 0.3 is 0 Å². The average Bonchev–Trinajstić information content (AvgIpc) is 3.12. The van der Waals surface area contributed by atoms with Crippen LogP contribution >= 0.6 is 11.6 Å². The van der Waals surface area contributed by atoms with Crippen molar-refractivity contribution >= 4 is 32.5 Å².